The second-order valence-electron chi connectivity index (χ2n) is 9.20. The van der Waals surface area contributed by atoms with E-state index in [1.54, 1.807) is 11.8 Å². The number of carbonyl (C=O) groups excluding carboxylic acids is 2. The van der Waals surface area contributed by atoms with E-state index < -0.39 is 0 Å². The van der Waals surface area contributed by atoms with Crippen molar-refractivity contribution < 1.29 is 14.3 Å². The third-order valence-electron chi connectivity index (χ3n) is 6.18. The molecule has 38 heavy (non-hydrogen) atoms. The SMILES string of the molecule is COc1ccc(-n2nc(C)c(-c3ccccc3)c2NC(=O)CN(C(=O)NCc2ccccc2)C(C)C)cc1. The lowest BCUT2D eigenvalue weighted by Crippen LogP contribution is -2.47. The van der Waals surface area contributed by atoms with E-state index in [9.17, 15) is 9.59 Å². The van der Waals surface area contributed by atoms with E-state index in [1.165, 1.54) is 4.90 Å². The fourth-order valence-corrected chi connectivity index (χ4v) is 4.19. The molecule has 0 unspecified atom stereocenters. The normalized spacial score (nSPS) is 10.8. The van der Waals surface area contributed by atoms with E-state index in [2.05, 4.69) is 10.6 Å². The van der Waals surface area contributed by atoms with Crippen molar-refractivity contribution in [2.75, 3.05) is 19.0 Å². The number of aromatic nitrogens is 2. The van der Waals surface area contributed by atoms with Crippen LogP contribution in [0, 0.1) is 6.92 Å². The largest absolute Gasteiger partial charge is 0.497 e. The van der Waals surface area contributed by atoms with E-state index in [0.29, 0.717) is 12.4 Å². The Morgan fingerprint density at radius 1 is 0.947 bits per heavy atom. The Kier molecular flexibility index (Phi) is 8.43. The van der Waals surface area contributed by atoms with Crippen LogP contribution in [0.3, 0.4) is 0 Å². The molecule has 8 nitrogen and oxygen atoms in total. The predicted molar refractivity (Wildman–Crippen MR) is 149 cm³/mol. The molecule has 0 bridgehead atoms. The van der Waals surface area contributed by atoms with Gasteiger partial charge in [-0.1, -0.05) is 60.7 Å². The van der Waals surface area contributed by atoms with Gasteiger partial charge in [-0.25, -0.2) is 9.48 Å². The summed E-state index contributed by atoms with van der Waals surface area (Å²) < 4.78 is 7.00. The monoisotopic (exact) mass is 511 g/mol. The summed E-state index contributed by atoms with van der Waals surface area (Å²) in [7, 11) is 1.61. The molecular formula is C30H33N5O3. The van der Waals surface area contributed by atoms with Crippen molar-refractivity contribution in [2.45, 2.75) is 33.4 Å². The van der Waals surface area contributed by atoms with Crippen LogP contribution in [0.5, 0.6) is 5.75 Å². The molecule has 0 saturated carbocycles. The summed E-state index contributed by atoms with van der Waals surface area (Å²) in [6.45, 7) is 5.95. The quantitative estimate of drug-likeness (QED) is 0.314. The third-order valence-corrected chi connectivity index (χ3v) is 6.18. The fraction of sp³-hybridized carbons (Fsp3) is 0.233. The van der Waals surface area contributed by atoms with Crippen molar-refractivity contribution in [3.05, 3.63) is 96.2 Å². The van der Waals surface area contributed by atoms with Gasteiger partial charge in [-0.15, -0.1) is 0 Å². The van der Waals surface area contributed by atoms with Gasteiger partial charge in [0.25, 0.3) is 0 Å². The average Bonchev–Trinajstić information content (AvgIpc) is 3.26. The summed E-state index contributed by atoms with van der Waals surface area (Å²) in [5.74, 6) is 0.943. The molecule has 196 valence electrons. The highest BCUT2D eigenvalue weighted by Crippen LogP contribution is 2.33. The van der Waals surface area contributed by atoms with Gasteiger partial charge >= 0.3 is 6.03 Å². The molecule has 1 aromatic heterocycles. The first-order valence-electron chi connectivity index (χ1n) is 12.5. The van der Waals surface area contributed by atoms with Crippen LogP contribution < -0.4 is 15.4 Å². The molecular weight excluding hydrogens is 478 g/mol. The van der Waals surface area contributed by atoms with Crippen LogP contribution in [0.25, 0.3) is 16.8 Å². The van der Waals surface area contributed by atoms with Crippen molar-refractivity contribution in [3.8, 4) is 22.6 Å². The molecule has 2 N–H and O–H groups in total. The van der Waals surface area contributed by atoms with Crippen LogP contribution in [0.15, 0.2) is 84.9 Å². The second-order valence-corrected chi connectivity index (χ2v) is 9.20. The lowest BCUT2D eigenvalue weighted by molar-refractivity contribution is -0.117. The average molecular weight is 512 g/mol. The number of benzene rings is 3. The van der Waals surface area contributed by atoms with Gasteiger partial charge < -0.3 is 20.3 Å². The first-order valence-corrected chi connectivity index (χ1v) is 12.5. The molecule has 3 aromatic carbocycles. The van der Waals surface area contributed by atoms with Gasteiger partial charge in [0.1, 0.15) is 18.1 Å². The molecule has 8 heteroatoms. The zero-order valence-corrected chi connectivity index (χ0v) is 22.1. The first-order chi connectivity index (χ1) is 18.4. The molecule has 0 aliphatic carbocycles. The van der Waals surface area contributed by atoms with Gasteiger partial charge in [-0.2, -0.15) is 5.10 Å². The number of hydrogen-bond donors (Lipinski definition) is 2. The van der Waals surface area contributed by atoms with Gasteiger partial charge in [0.2, 0.25) is 5.91 Å². The fourth-order valence-electron chi connectivity index (χ4n) is 4.19. The summed E-state index contributed by atoms with van der Waals surface area (Å²) >= 11 is 0. The molecule has 0 aliphatic heterocycles. The summed E-state index contributed by atoms with van der Waals surface area (Å²) in [6.07, 6.45) is 0. The Labute approximate surface area is 223 Å². The number of carbonyl (C=O) groups is 2. The van der Waals surface area contributed by atoms with Crippen molar-refractivity contribution in [1.29, 1.82) is 0 Å². The summed E-state index contributed by atoms with van der Waals surface area (Å²) in [5.41, 5.74) is 4.28. The number of urea groups is 1. The van der Waals surface area contributed by atoms with Gasteiger partial charge in [0, 0.05) is 18.2 Å². The zero-order chi connectivity index (χ0) is 27.1. The molecule has 0 fully saturated rings. The van der Waals surface area contributed by atoms with Gasteiger partial charge in [-0.3, -0.25) is 4.79 Å². The molecule has 0 atom stereocenters. The number of anilines is 1. The lowest BCUT2D eigenvalue weighted by Gasteiger charge is -2.26. The van der Waals surface area contributed by atoms with Crippen LogP contribution in [0.4, 0.5) is 10.6 Å². The summed E-state index contributed by atoms with van der Waals surface area (Å²) in [5, 5.41) is 10.7. The Bertz CT molecular complexity index is 1370. The van der Waals surface area contributed by atoms with Crippen LogP contribution in [-0.2, 0) is 11.3 Å². The highest BCUT2D eigenvalue weighted by atomic mass is 16.5. The molecule has 0 spiro atoms. The van der Waals surface area contributed by atoms with Gasteiger partial charge in [0.05, 0.1) is 18.5 Å². The highest BCUT2D eigenvalue weighted by Gasteiger charge is 2.24. The predicted octanol–water partition coefficient (Wildman–Crippen LogP) is 5.42. The van der Waals surface area contributed by atoms with Gasteiger partial charge in [0.15, 0.2) is 0 Å². The molecule has 0 radical (unpaired) electrons. The third kappa shape index (κ3) is 6.21. The van der Waals surface area contributed by atoms with Crippen LogP contribution in [0.2, 0.25) is 0 Å². The number of aryl methyl sites for hydroxylation is 1. The molecule has 0 saturated heterocycles. The Balaban J connectivity index is 1.60. The zero-order valence-electron chi connectivity index (χ0n) is 22.1. The summed E-state index contributed by atoms with van der Waals surface area (Å²) in [4.78, 5) is 27.9. The first kappa shape index (κ1) is 26.5. The van der Waals surface area contributed by atoms with E-state index in [0.717, 1.165) is 33.8 Å². The van der Waals surface area contributed by atoms with Crippen molar-refractivity contribution in [3.63, 3.8) is 0 Å². The molecule has 4 aromatic rings. The van der Waals surface area contributed by atoms with Crippen molar-refractivity contribution in [1.82, 2.24) is 20.0 Å². The van der Waals surface area contributed by atoms with E-state index in [4.69, 9.17) is 9.84 Å². The van der Waals surface area contributed by atoms with Crippen LogP contribution in [-0.4, -0.2) is 46.3 Å². The Hall–Kier alpha value is -4.59. The number of hydrogen-bond acceptors (Lipinski definition) is 4. The molecule has 3 amide bonds. The van der Waals surface area contributed by atoms with Crippen LogP contribution in [0.1, 0.15) is 25.1 Å². The number of rotatable bonds is 9. The molecule has 0 aliphatic rings. The topological polar surface area (TPSA) is 88.5 Å². The second kappa shape index (κ2) is 12.1. The number of amides is 3. The smallest absolute Gasteiger partial charge is 0.318 e. The standard InChI is InChI=1S/C30H33N5O3/c1-21(2)34(30(37)31-19-23-11-7-5-8-12-23)20-27(36)32-29-28(24-13-9-6-10-14-24)22(3)33-35(29)25-15-17-26(38-4)18-16-25/h5-18,21H,19-20H2,1-4H3,(H,31,37)(H,32,36). The Morgan fingerprint density at radius 3 is 2.18 bits per heavy atom. The van der Waals surface area contributed by atoms with E-state index in [1.807, 2.05) is 106 Å². The molecule has 1 heterocycles. The maximum atomic E-state index is 13.4. The number of ether oxygens (including phenoxy) is 1. The van der Waals surface area contributed by atoms with Crippen molar-refractivity contribution in [2.24, 2.45) is 0 Å². The maximum absolute atomic E-state index is 13.4. The van der Waals surface area contributed by atoms with Gasteiger partial charge in [-0.05, 0) is 56.2 Å². The molecule has 4 rings (SSSR count). The minimum absolute atomic E-state index is 0.112. The highest BCUT2D eigenvalue weighted by molar-refractivity contribution is 5.98. The number of methoxy groups -OCH3 is 1. The summed E-state index contributed by atoms with van der Waals surface area (Å²) in [6, 6.07) is 26.4. The van der Waals surface area contributed by atoms with E-state index in [-0.39, 0.29) is 24.5 Å². The minimum Gasteiger partial charge on any atom is -0.497 e. The van der Waals surface area contributed by atoms with Crippen LogP contribution >= 0.6 is 0 Å². The van der Waals surface area contributed by atoms with Crippen molar-refractivity contribution >= 4 is 17.8 Å². The lowest BCUT2D eigenvalue weighted by atomic mass is 10.1. The maximum Gasteiger partial charge on any atom is 0.318 e. The number of nitrogens with one attached hydrogen (secondary N) is 2. The minimum atomic E-state index is -0.319. The number of nitrogens with zero attached hydrogens (tertiary/aromatic N) is 3. The van der Waals surface area contributed by atoms with E-state index >= 15 is 0 Å². The Morgan fingerprint density at radius 2 is 1.58 bits per heavy atom.